The summed E-state index contributed by atoms with van der Waals surface area (Å²) in [7, 11) is 0. The van der Waals surface area contributed by atoms with Gasteiger partial charge in [-0.15, -0.1) is 0 Å². The second-order valence-electron chi connectivity index (χ2n) is 7.11. The number of imidazole rings is 1. The molecular formula is C21H19F3N4O3S. The van der Waals surface area contributed by atoms with E-state index < -0.39 is 33.9 Å². The Morgan fingerprint density at radius 3 is 2.62 bits per heavy atom. The number of non-ortho nitro benzene ring substituents is 1. The highest BCUT2D eigenvalue weighted by Crippen LogP contribution is 2.37. The van der Waals surface area contributed by atoms with Gasteiger partial charge in [0.15, 0.2) is 5.16 Å². The van der Waals surface area contributed by atoms with Gasteiger partial charge in [0, 0.05) is 24.5 Å². The maximum atomic E-state index is 13.3. The van der Waals surface area contributed by atoms with Gasteiger partial charge < -0.3 is 5.32 Å². The van der Waals surface area contributed by atoms with E-state index in [-0.39, 0.29) is 11.7 Å². The molecule has 0 aliphatic heterocycles. The fourth-order valence-corrected chi connectivity index (χ4v) is 3.85. The van der Waals surface area contributed by atoms with Gasteiger partial charge in [-0.2, -0.15) is 13.2 Å². The van der Waals surface area contributed by atoms with Crippen molar-refractivity contribution in [2.24, 2.45) is 0 Å². The van der Waals surface area contributed by atoms with E-state index in [2.05, 4.69) is 24.1 Å². The molecule has 3 rings (SSSR count). The third kappa shape index (κ3) is 5.28. The third-order valence-corrected chi connectivity index (χ3v) is 5.52. The Morgan fingerprint density at radius 1 is 1.25 bits per heavy atom. The van der Waals surface area contributed by atoms with Crippen LogP contribution < -0.4 is 5.32 Å². The first-order valence-electron chi connectivity index (χ1n) is 9.49. The second kappa shape index (κ2) is 9.43. The van der Waals surface area contributed by atoms with Crippen molar-refractivity contribution in [2.75, 3.05) is 11.1 Å². The van der Waals surface area contributed by atoms with Crippen molar-refractivity contribution in [2.45, 2.75) is 31.1 Å². The lowest BCUT2D eigenvalue weighted by Crippen LogP contribution is -2.18. The molecule has 1 aromatic heterocycles. The number of thioether (sulfide) groups is 1. The summed E-state index contributed by atoms with van der Waals surface area (Å²) in [5.74, 6) is -0.645. The number of benzene rings is 2. The van der Waals surface area contributed by atoms with Crippen LogP contribution >= 0.6 is 11.8 Å². The molecule has 0 saturated carbocycles. The first-order valence-corrected chi connectivity index (χ1v) is 10.5. The monoisotopic (exact) mass is 464 g/mol. The summed E-state index contributed by atoms with van der Waals surface area (Å²) in [4.78, 5) is 26.5. The summed E-state index contributed by atoms with van der Waals surface area (Å²) in [6, 6.07) is 9.92. The van der Waals surface area contributed by atoms with Gasteiger partial charge in [0.1, 0.15) is 0 Å². The molecule has 7 nitrogen and oxygen atoms in total. The average Bonchev–Trinajstić information content (AvgIpc) is 3.20. The van der Waals surface area contributed by atoms with Crippen LogP contribution in [-0.4, -0.2) is 26.1 Å². The number of aromatic nitrogens is 2. The number of carbonyl (C=O) groups excluding carboxylic acids is 1. The van der Waals surface area contributed by atoms with Crippen molar-refractivity contribution in [3.63, 3.8) is 0 Å². The van der Waals surface area contributed by atoms with Crippen molar-refractivity contribution in [3.8, 4) is 5.69 Å². The predicted octanol–water partition coefficient (Wildman–Crippen LogP) is 5.65. The van der Waals surface area contributed by atoms with Gasteiger partial charge in [0.25, 0.3) is 5.69 Å². The molecule has 0 fully saturated rings. The van der Waals surface area contributed by atoms with Gasteiger partial charge in [-0.05, 0) is 23.6 Å². The van der Waals surface area contributed by atoms with Crippen LogP contribution in [0.25, 0.3) is 5.69 Å². The number of halogens is 3. The highest BCUT2D eigenvalue weighted by molar-refractivity contribution is 7.99. The van der Waals surface area contributed by atoms with Crippen molar-refractivity contribution >= 4 is 29.0 Å². The molecule has 0 radical (unpaired) electrons. The lowest BCUT2D eigenvalue weighted by molar-refractivity contribution is -0.385. The Bertz CT molecular complexity index is 1150. The highest BCUT2D eigenvalue weighted by atomic mass is 32.2. The average molecular weight is 464 g/mol. The molecule has 0 bridgehead atoms. The maximum Gasteiger partial charge on any atom is 0.418 e. The number of rotatable bonds is 7. The molecule has 0 aliphatic rings. The summed E-state index contributed by atoms with van der Waals surface area (Å²) >= 11 is 1.07. The van der Waals surface area contributed by atoms with E-state index >= 15 is 0 Å². The Labute approximate surface area is 185 Å². The minimum atomic E-state index is -4.86. The predicted molar refractivity (Wildman–Crippen MR) is 115 cm³/mol. The largest absolute Gasteiger partial charge is 0.418 e. The number of nitrogens with zero attached hydrogens (tertiary/aromatic N) is 3. The normalized spacial score (nSPS) is 11.6. The van der Waals surface area contributed by atoms with Gasteiger partial charge in [0.05, 0.1) is 27.6 Å². The van der Waals surface area contributed by atoms with Crippen LogP contribution in [-0.2, 0) is 11.0 Å². The number of anilines is 1. The molecule has 1 N–H and O–H groups in total. The minimum Gasteiger partial charge on any atom is -0.325 e. The Kier molecular flexibility index (Phi) is 6.87. The SMILES string of the molecule is CC(C)c1ccccc1-n1ccnc1SCC(=O)Nc1ccc([N+](=O)[O-])cc1C(F)(F)F. The minimum absolute atomic E-state index is 0.199. The number of alkyl halides is 3. The van der Waals surface area contributed by atoms with E-state index in [9.17, 15) is 28.1 Å². The molecular weight excluding hydrogens is 445 g/mol. The van der Waals surface area contributed by atoms with Gasteiger partial charge in [0.2, 0.25) is 5.91 Å². The van der Waals surface area contributed by atoms with Crippen molar-refractivity contribution < 1.29 is 22.9 Å². The summed E-state index contributed by atoms with van der Waals surface area (Å²) in [5, 5.41) is 13.5. The molecule has 2 aromatic carbocycles. The molecule has 0 aliphatic carbocycles. The van der Waals surface area contributed by atoms with Crippen LogP contribution in [0.3, 0.4) is 0 Å². The number of nitrogens with one attached hydrogen (secondary N) is 1. The quantitative estimate of drug-likeness (QED) is 0.277. The molecule has 0 unspecified atom stereocenters. The summed E-state index contributed by atoms with van der Waals surface area (Å²) in [6.07, 6.45) is -1.53. The van der Waals surface area contributed by atoms with Crippen molar-refractivity contribution in [1.82, 2.24) is 9.55 Å². The van der Waals surface area contributed by atoms with Gasteiger partial charge in [-0.25, -0.2) is 4.98 Å². The zero-order valence-corrected chi connectivity index (χ0v) is 17.9. The molecule has 11 heteroatoms. The zero-order valence-electron chi connectivity index (χ0n) is 17.1. The van der Waals surface area contributed by atoms with Crippen LogP contribution in [0.5, 0.6) is 0 Å². The molecule has 3 aromatic rings. The number of nitro benzene ring substituents is 1. The van der Waals surface area contributed by atoms with Crippen LogP contribution in [0.1, 0.15) is 30.9 Å². The number of nitro groups is 1. The van der Waals surface area contributed by atoms with E-state index in [0.717, 1.165) is 35.1 Å². The maximum absolute atomic E-state index is 13.3. The molecule has 0 spiro atoms. The molecule has 168 valence electrons. The molecule has 0 saturated heterocycles. The van der Waals surface area contributed by atoms with Crippen LogP contribution in [0.15, 0.2) is 60.0 Å². The van der Waals surface area contributed by atoms with Crippen molar-refractivity contribution in [1.29, 1.82) is 0 Å². The van der Waals surface area contributed by atoms with Crippen molar-refractivity contribution in [3.05, 3.63) is 76.1 Å². The first-order chi connectivity index (χ1) is 15.1. The Hall–Kier alpha value is -3.34. The molecule has 0 atom stereocenters. The number of hydrogen-bond acceptors (Lipinski definition) is 5. The molecule has 1 heterocycles. The first kappa shape index (κ1) is 23.3. The lowest BCUT2D eigenvalue weighted by atomic mass is 10.0. The van der Waals surface area contributed by atoms with Crippen LogP contribution in [0.4, 0.5) is 24.5 Å². The fraction of sp³-hybridized carbons (Fsp3) is 0.238. The zero-order chi connectivity index (χ0) is 23.5. The Morgan fingerprint density at radius 2 is 1.97 bits per heavy atom. The fourth-order valence-electron chi connectivity index (χ4n) is 3.08. The van der Waals surface area contributed by atoms with Crippen LogP contribution in [0.2, 0.25) is 0 Å². The summed E-state index contributed by atoms with van der Waals surface area (Å²) < 4.78 is 41.7. The third-order valence-electron chi connectivity index (χ3n) is 4.55. The standard InChI is InChI=1S/C21H19F3N4O3S/c1-13(2)15-5-3-4-6-18(15)27-10-9-25-20(27)32-12-19(29)26-17-8-7-14(28(30)31)11-16(17)21(22,23)24/h3-11,13H,12H2,1-2H3,(H,26,29). The van der Waals surface area contributed by atoms with Gasteiger partial charge >= 0.3 is 6.18 Å². The van der Waals surface area contributed by atoms with E-state index in [1.165, 1.54) is 0 Å². The van der Waals surface area contributed by atoms with Gasteiger partial charge in [-0.3, -0.25) is 19.5 Å². The van der Waals surface area contributed by atoms with Gasteiger partial charge in [-0.1, -0.05) is 43.8 Å². The summed E-state index contributed by atoms with van der Waals surface area (Å²) in [5.41, 5.74) is -0.551. The number of hydrogen-bond donors (Lipinski definition) is 1. The number of carbonyl (C=O) groups is 1. The van der Waals surface area contributed by atoms with E-state index in [1.807, 2.05) is 28.8 Å². The molecule has 1 amide bonds. The lowest BCUT2D eigenvalue weighted by Gasteiger charge is -2.15. The van der Waals surface area contributed by atoms with E-state index in [4.69, 9.17) is 0 Å². The highest BCUT2D eigenvalue weighted by Gasteiger charge is 2.35. The Balaban J connectivity index is 1.77. The summed E-state index contributed by atoms with van der Waals surface area (Å²) in [6.45, 7) is 4.11. The number of amides is 1. The van der Waals surface area contributed by atoms with E-state index in [1.54, 1.807) is 12.4 Å². The smallest absolute Gasteiger partial charge is 0.325 e. The van der Waals surface area contributed by atoms with Crippen LogP contribution in [0, 0.1) is 10.1 Å². The number of para-hydroxylation sites is 1. The van der Waals surface area contributed by atoms with E-state index in [0.29, 0.717) is 11.2 Å². The topological polar surface area (TPSA) is 90.1 Å². The second-order valence-corrected chi connectivity index (χ2v) is 8.06. The molecule has 32 heavy (non-hydrogen) atoms.